The van der Waals surface area contributed by atoms with E-state index in [1.807, 2.05) is 11.9 Å². The molecule has 2 aliphatic rings. The Morgan fingerprint density at radius 2 is 2.25 bits per heavy atom. The Hall–Kier alpha value is 0.130. The Morgan fingerprint density at radius 3 is 2.83 bits per heavy atom. The van der Waals surface area contributed by atoms with Crippen LogP contribution in [-0.4, -0.2) is 58.6 Å². The maximum absolute atomic E-state index is 9.48. The molecular weight excluding hydrogens is 182 g/mol. The van der Waals surface area contributed by atoms with Gasteiger partial charge in [-0.05, 0) is 7.05 Å². The average molecular weight is 194 g/mol. The largest absolute Gasteiger partial charge is 0.369 e. The molecule has 0 aromatic carbocycles. The second-order valence-electron chi connectivity index (χ2n) is 3.55. The summed E-state index contributed by atoms with van der Waals surface area (Å²) in [5, 5.41) is 18.8. The first-order valence-electron chi connectivity index (χ1n) is 3.93. The third-order valence-electron chi connectivity index (χ3n) is 2.57. The van der Waals surface area contributed by atoms with Crippen molar-refractivity contribution in [2.24, 2.45) is 0 Å². The first-order chi connectivity index (χ1) is 5.52. The topological polar surface area (TPSA) is 52.9 Å². The SMILES string of the molecule is CN1C[C@@H](Cl)C2OCC(O)(O)C21. The van der Waals surface area contributed by atoms with Crippen molar-refractivity contribution < 1.29 is 14.9 Å². The minimum absolute atomic E-state index is 0.0457. The van der Waals surface area contributed by atoms with Gasteiger partial charge in [-0.2, -0.15) is 0 Å². The fourth-order valence-electron chi connectivity index (χ4n) is 2.06. The molecule has 12 heavy (non-hydrogen) atoms. The molecule has 0 amide bonds. The van der Waals surface area contributed by atoms with Gasteiger partial charge in [0.25, 0.3) is 0 Å². The lowest BCUT2D eigenvalue weighted by Crippen LogP contribution is -2.49. The lowest BCUT2D eigenvalue weighted by Gasteiger charge is -2.26. The molecule has 2 rings (SSSR count). The Labute approximate surface area is 75.7 Å². The monoisotopic (exact) mass is 193 g/mol. The van der Waals surface area contributed by atoms with E-state index in [2.05, 4.69) is 0 Å². The highest BCUT2D eigenvalue weighted by Crippen LogP contribution is 2.35. The van der Waals surface area contributed by atoms with E-state index < -0.39 is 5.79 Å². The molecule has 2 unspecified atom stereocenters. The van der Waals surface area contributed by atoms with Crippen LogP contribution in [0, 0.1) is 0 Å². The Kier molecular flexibility index (Phi) is 1.86. The standard InChI is InChI=1S/C7H12ClNO3/c1-9-2-4(8)5-6(9)7(10,11)3-12-5/h4-6,10-11H,2-3H2,1H3/t4-,5?,6?/m1/s1. The second-order valence-corrected chi connectivity index (χ2v) is 4.12. The van der Waals surface area contributed by atoms with Crippen molar-refractivity contribution in [3.63, 3.8) is 0 Å². The fourth-order valence-corrected chi connectivity index (χ4v) is 2.49. The Morgan fingerprint density at radius 1 is 1.58 bits per heavy atom. The summed E-state index contributed by atoms with van der Waals surface area (Å²) in [6.45, 7) is 0.593. The maximum atomic E-state index is 9.48. The van der Waals surface area contributed by atoms with Crippen molar-refractivity contribution in [3.8, 4) is 0 Å². The molecule has 3 atom stereocenters. The average Bonchev–Trinajstić information content (AvgIpc) is 2.37. The lowest BCUT2D eigenvalue weighted by molar-refractivity contribution is -0.184. The number of ether oxygens (including phenoxy) is 1. The summed E-state index contributed by atoms with van der Waals surface area (Å²) < 4.78 is 5.20. The van der Waals surface area contributed by atoms with Crippen LogP contribution >= 0.6 is 11.6 Å². The van der Waals surface area contributed by atoms with Crippen molar-refractivity contribution in [2.75, 3.05) is 20.2 Å². The molecule has 2 fully saturated rings. The molecule has 0 bridgehead atoms. The van der Waals surface area contributed by atoms with Crippen LogP contribution in [0.15, 0.2) is 0 Å². The number of rotatable bonds is 0. The van der Waals surface area contributed by atoms with Crippen molar-refractivity contribution in [3.05, 3.63) is 0 Å². The molecule has 70 valence electrons. The molecule has 2 saturated heterocycles. The number of hydrogen-bond acceptors (Lipinski definition) is 4. The van der Waals surface area contributed by atoms with Gasteiger partial charge in [-0.25, -0.2) is 0 Å². The number of aliphatic hydroxyl groups is 2. The zero-order valence-electron chi connectivity index (χ0n) is 6.77. The van der Waals surface area contributed by atoms with E-state index in [0.29, 0.717) is 6.54 Å². The number of halogens is 1. The number of alkyl halides is 1. The van der Waals surface area contributed by atoms with Crippen molar-refractivity contribution >= 4 is 11.6 Å². The molecule has 2 heterocycles. The van der Waals surface area contributed by atoms with Crippen LogP contribution in [0.1, 0.15) is 0 Å². The van der Waals surface area contributed by atoms with Gasteiger partial charge in [0.1, 0.15) is 6.61 Å². The molecule has 0 saturated carbocycles. The summed E-state index contributed by atoms with van der Waals surface area (Å²) in [7, 11) is 1.82. The summed E-state index contributed by atoms with van der Waals surface area (Å²) >= 11 is 5.95. The highest BCUT2D eigenvalue weighted by atomic mass is 35.5. The third-order valence-corrected chi connectivity index (χ3v) is 2.95. The van der Waals surface area contributed by atoms with Crippen LogP contribution in [0.25, 0.3) is 0 Å². The predicted octanol–water partition coefficient (Wildman–Crippen LogP) is -1.01. The highest BCUT2D eigenvalue weighted by Gasteiger charge is 2.56. The zero-order valence-corrected chi connectivity index (χ0v) is 7.53. The minimum Gasteiger partial charge on any atom is -0.369 e. The number of likely N-dealkylation sites (N-methyl/N-ethyl adjacent to an activating group) is 1. The van der Waals surface area contributed by atoms with Gasteiger partial charge in [0, 0.05) is 6.54 Å². The van der Waals surface area contributed by atoms with Crippen LogP contribution in [0.2, 0.25) is 0 Å². The minimum atomic E-state index is -1.73. The third kappa shape index (κ3) is 1.07. The van der Waals surface area contributed by atoms with Gasteiger partial charge in [-0.3, -0.25) is 4.90 Å². The van der Waals surface area contributed by atoms with Crippen LogP contribution < -0.4 is 0 Å². The fraction of sp³-hybridized carbons (Fsp3) is 1.00. The Bertz CT molecular complexity index is 199. The van der Waals surface area contributed by atoms with Crippen molar-refractivity contribution in [1.82, 2.24) is 4.90 Å². The van der Waals surface area contributed by atoms with E-state index in [4.69, 9.17) is 16.3 Å². The van der Waals surface area contributed by atoms with E-state index in [1.165, 1.54) is 0 Å². The summed E-state index contributed by atoms with van der Waals surface area (Å²) in [6.07, 6.45) is -0.244. The normalized spacial score (nSPS) is 46.5. The molecule has 4 nitrogen and oxygen atoms in total. The predicted molar refractivity (Wildman–Crippen MR) is 43.0 cm³/mol. The van der Waals surface area contributed by atoms with E-state index in [1.54, 1.807) is 0 Å². The smallest absolute Gasteiger partial charge is 0.205 e. The van der Waals surface area contributed by atoms with Gasteiger partial charge in [0.2, 0.25) is 5.79 Å². The maximum Gasteiger partial charge on any atom is 0.205 e. The molecule has 0 radical (unpaired) electrons. The summed E-state index contributed by atoms with van der Waals surface area (Å²) in [5.41, 5.74) is 0. The number of likely N-dealkylation sites (tertiary alicyclic amines) is 1. The number of nitrogens with zero attached hydrogens (tertiary/aromatic N) is 1. The van der Waals surface area contributed by atoms with E-state index in [0.717, 1.165) is 0 Å². The van der Waals surface area contributed by atoms with E-state index in [-0.39, 0.29) is 24.1 Å². The molecule has 5 heteroatoms. The van der Waals surface area contributed by atoms with E-state index >= 15 is 0 Å². The second kappa shape index (κ2) is 2.56. The van der Waals surface area contributed by atoms with Crippen LogP contribution in [0.5, 0.6) is 0 Å². The first-order valence-corrected chi connectivity index (χ1v) is 4.37. The first kappa shape index (κ1) is 8.72. The number of hydrogen-bond donors (Lipinski definition) is 2. The van der Waals surface area contributed by atoms with Gasteiger partial charge in [0.05, 0.1) is 17.5 Å². The van der Waals surface area contributed by atoms with Gasteiger partial charge in [-0.1, -0.05) is 0 Å². The summed E-state index contributed by atoms with van der Waals surface area (Å²) in [5.74, 6) is -1.73. The van der Waals surface area contributed by atoms with Gasteiger partial charge in [-0.15, -0.1) is 11.6 Å². The molecule has 2 N–H and O–H groups in total. The molecule has 2 aliphatic heterocycles. The molecule has 0 aliphatic carbocycles. The van der Waals surface area contributed by atoms with Crippen LogP contribution in [0.4, 0.5) is 0 Å². The lowest BCUT2D eigenvalue weighted by atomic mass is 10.1. The zero-order chi connectivity index (χ0) is 8.93. The summed E-state index contributed by atoms with van der Waals surface area (Å²) in [6, 6.07) is -0.375. The van der Waals surface area contributed by atoms with Crippen LogP contribution in [0.3, 0.4) is 0 Å². The summed E-state index contributed by atoms with van der Waals surface area (Å²) in [4.78, 5) is 1.83. The molecule has 0 spiro atoms. The highest BCUT2D eigenvalue weighted by molar-refractivity contribution is 6.21. The Balaban J connectivity index is 2.23. The molecule has 0 aromatic rings. The van der Waals surface area contributed by atoms with Gasteiger partial charge in [0.15, 0.2) is 0 Å². The van der Waals surface area contributed by atoms with Crippen molar-refractivity contribution in [1.29, 1.82) is 0 Å². The van der Waals surface area contributed by atoms with Crippen molar-refractivity contribution in [2.45, 2.75) is 23.3 Å². The molecule has 0 aromatic heterocycles. The van der Waals surface area contributed by atoms with Crippen LogP contribution in [-0.2, 0) is 4.74 Å². The van der Waals surface area contributed by atoms with Gasteiger partial charge >= 0.3 is 0 Å². The van der Waals surface area contributed by atoms with Gasteiger partial charge < -0.3 is 14.9 Å². The quantitative estimate of drug-likeness (QED) is 0.382. The number of fused-ring (bicyclic) bond motifs is 1. The molecular formula is C7H12ClNO3. The van der Waals surface area contributed by atoms with E-state index in [9.17, 15) is 10.2 Å².